The Balaban J connectivity index is 0.00000281. The number of carbonyl (C=O) groups excluding carboxylic acids is 3. The van der Waals surface area contributed by atoms with Gasteiger partial charge >= 0.3 is 0 Å². The summed E-state index contributed by atoms with van der Waals surface area (Å²) >= 11 is 0. The van der Waals surface area contributed by atoms with Crippen molar-refractivity contribution in [3.05, 3.63) is 78.9 Å². The number of sulfonamides is 1. The van der Waals surface area contributed by atoms with E-state index in [-0.39, 0.29) is 38.8 Å². The quantitative estimate of drug-likeness (QED) is 0.353. The van der Waals surface area contributed by atoms with E-state index in [1.807, 2.05) is 42.5 Å². The van der Waals surface area contributed by atoms with Crippen molar-refractivity contribution >= 4 is 27.7 Å². The fourth-order valence-electron chi connectivity index (χ4n) is 6.54. The predicted molar refractivity (Wildman–Crippen MR) is 180 cm³/mol. The van der Waals surface area contributed by atoms with E-state index >= 15 is 0 Å². The highest BCUT2D eigenvalue weighted by molar-refractivity contribution is 7.90. The van der Waals surface area contributed by atoms with Gasteiger partial charge in [0.2, 0.25) is 23.6 Å². The van der Waals surface area contributed by atoms with Crippen molar-refractivity contribution in [2.24, 2.45) is 17.8 Å². The first kappa shape index (κ1) is 33.1. The van der Waals surface area contributed by atoms with Crippen LogP contribution in [-0.4, -0.2) is 73.4 Å². The summed E-state index contributed by atoms with van der Waals surface area (Å²) < 4.78 is 40.1. The van der Waals surface area contributed by atoms with Gasteiger partial charge in [-0.3, -0.25) is 14.4 Å². The number of amides is 3. The van der Waals surface area contributed by atoms with E-state index in [0.29, 0.717) is 18.2 Å². The summed E-state index contributed by atoms with van der Waals surface area (Å²) in [4.78, 5) is 52.2. The molecule has 1 aromatic heterocycles. The molecule has 2 heterocycles. The molecular formula is C35H43N5O7S. The highest BCUT2D eigenvalue weighted by atomic mass is 32.2. The Morgan fingerprint density at radius 1 is 1.00 bits per heavy atom. The van der Waals surface area contributed by atoms with Gasteiger partial charge in [0.05, 0.1) is 29.9 Å². The van der Waals surface area contributed by atoms with Gasteiger partial charge in [-0.1, -0.05) is 60.7 Å². The zero-order valence-corrected chi connectivity index (χ0v) is 27.7. The van der Waals surface area contributed by atoms with E-state index in [2.05, 4.69) is 20.0 Å². The highest BCUT2D eigenvalue weighted by Crippen LogP contribution is 2.47. The molecule has 13 heteroatoms. The van der Waals surface area contributed by atoms with Crippen LogP contribution in [0.2, 0.25) is 0 Å². The number of aromatic nitrogens is 2. The Morgan fingerprint density at radius 2 is 1.69 bits per heavy atom. The monoisotopic (exact) mass is 677 g/mol. The molecule has 6 rings (SSSR count). The Bertz CT molecular complexity index is 1820. The Labute approximate surface area is 283 Å². The number of benzene rings is 2. The van der Waals surface area contributed by atoms with Crippen molar-refractivity contribution in [3.63, 3.8) is 0 Å². The zero-order valence-electron chi connectivity index (χ0n) is 26.9. The third-order valence-electron chi connectivity index (χ3n) is 9.29. The predicted octanol–water partition coefficient (Wildman–Crippen LogP) is 4.00. The van der Waals surface area contributed by atoms with Gasteiger partial charge in [-0.15, -0.1) is 0 Å². The van der Waals surface area contributed by atoms with E-state index in [4.69, 9.17) is 9.47 Å². The second-order valence-corrected chi connectivity index (χ2v) is 14.2. The number of rotatable bonds is 7. The number of carbonyl (C=O) groups is 3. The summed E-state index contributed by atoms with van der Waals surface area (Å²) in [6.45, 7) is 0.541. The first-order chi connectivity index (χ1) is 23.1. The smallest absolute Gasteiger partial charge is 0.264 e. The number of fused-ring (bicyclic) bond motifs is 2. The maximum atomic E-state index is 14.1. The third-order valence-corrected chi connectivity index (χ3v) is 10.6. The molecule has 0 unspecified atom stereocenters. The second kappa shape index (κ2) is 13.8. The number of hydrogen-bond acceptors (Lipinski definition) is 9. The topological polar surface area (TPSA) is 157 Å². The van der Waals surface area contributed by atoms with Crippen LogP contribution >= 0.6 is 0 Å². The molecule has 2 aromatic carbocycles. The average Bonchev–Trinajstić information content (AvgIpc) is 3.63. The molecule has 3 aliphatic rings. The van der Waals surface area contributed by atoms with Gasteiger partial charge in [-0.05, 0) is 50.7 Å². The first-order valence-corrected chi connectivity index (χ1v) is 17.6. The lowest BCUT2D eigenvalue weighted by Gasteiger charge is -2.26. The number of hydrogen-bond donors (Lipinski definition) is 2. The number of allylic oxidation sites excluding steroid dienone is 1. The van der Waals surface area contributed by atoms with Gasteiger partial charge in [0, 0.05) is 27.9 Å². The van der Waals surface area contributed by atoms with Crippen LogP contribution in [0.3, 0.4) is 0 Å². The molecule has 2 saturated carbocycles. The van der Waals surface area contributed by atoms with Gasteiger partial charge in [0.25, 0.3) is 15.9 Å². The summed E-state index contributed by atoms with van der Waals surface area (Å²) in [5.74, 6) is -2.50. The van der Waals surface area contributed by atoms with Crippen LogP contribution in [0.4, 0.5) is 0 Å². The minimum atomic E-state index is -4.18. The van der Waals surface area contributed by atoms with Crippen molar-refractivity contribution in [2.45, 2.75) is 55.1 Å². The lowest BCUT2D eigenvalue weighted by Crippen LogP contribution is -2.54. The van der Waals surface area contributed by atoms with Crippen LogP contribution in [0.5, 0.6) is 11.8 Å². The lowest BCUT2D eigenvalue weighted by molar-refractivity contribution is -0.140. The van der Waals surface area contributed by atoms with Crippen molar-refractivity contribution in [1.29, 1.82) is 0 Å². The normalized spacial score (nSPS) is 26.7. The van der Waals surface area contributed by atoms with Crippen molar-refractivity contribution in [3.8, 4) is 23.1 Å². The van der Waals surface area contributed by atoms with E-state index in [1.54, 1.807) is 36.2 Å². The molecule has 1 aliphatic heterocycles. The number of nitrogens with zero attached hydrogens (tertiary/aromatic N) is 3. The number of nitrogens with one attached hydrogen (secondary N) is 2. The van der Waals surface area contributed by atoms with Gasteiger partial charge in [-0.25, -0.2) is 13.1 Å². The molecule has 0 radical (unpaired) electrons. The van der Waals surface area contributed by atoms with E-state index in [0.717, 1.165) is 24.8 Å². The average molecular weight is 678 g/mol. The van der Waals surface area contributed by atoms with Crippen molar-refractivity contribution in [1.82, 2.24) is 24.9 Å². The van der Waals surface area contributed by atoms with Gasteiger partial charge < -0.3 is 19.7 Å². The Hall–Kier alpha value is -4.78. The van der Waals surface area contributed by atoms with E-state index in [9.17, 15) is 22.8 Å². The van der Waals surface area contributed by atoms with Crippen LogP contribution < -0.4 is 19.5 Å². The van der Waals surface area contributed by atoms with Gasteiger partial charge in [0.1, 0.15) is 11.6 Å². The fourth-order valence-corrected chi connectivity index (χ4v) is 7.60. The standard InChI is InChI=1S/C35H39N5O7S.2H2/c1-40-18-12-4-3-9-15-24-22-35(24,34(43)39-48(44,45)26-16-10-6-11-17-26)38-32(41)27-19-25(20-28(27)33(40)42)47-30-21-29(46-2)36-31(37-30)23-13-7-5-8-14-23;;/h5-11,13-17,21,24-25,27-28H,3-4,12,18-20,22H2,1-2H3,(H,38,41)(H,39,43);2*1H/b15-9-;;/t24-,25-,27-,28-,35-;;/m1../s1. The van der Waals surface area contributed by atoms with Crippen LogP contribution in [0, 0.1) is 17.8 Å². The molecule has 0 saturated heterocycles. The second-order valence-electron chi connectivity index (χ2n) is 12.6. The van der Waals surface area contributed by atoms with Crippen LogP contribution in [0.1, 0.15) is 41.4 Å². The lowest BCUT2D eigenvalue weighted by atomic mass is 9.93. The number of ether oxygens (including phenoxy) is 2. The van der Waals surface area contributed by atoms with Crippen LogP contribution in [0.15, 0.2) is 83.8 Å². The fraction of sp³-hybridized carbons (Fsp3) is 0.400. The van der Waals surface area contributed by atoms with Crippen LogP contribution in [0.25, 0.3) is 11.4 Å². The summed E-state index contributed by atoms with van der Waals surface area (Å²) in [5, 5.41) is 2.90. The van der Waals surface area contributed by atoms with E-state index in [1.165, 1.54) is 19.2 Å². The molecule has 2 N–H and O–H groups in total. The molecule has 0 spiro atoms. The van der Waals surface area contributed by atoms with E-state index < -0.39 is 51.2 Å². The van der Waals surface area contributed by atoms with Crippen molar-refractivity contribution in [2.75, 3.05) is 20.7 Å². The summed E-state index contributed by atoms with van der Waals surface area (Å²) in [5.41, 5.74) is -0.703. The Morgan fingerprint density at radius 3 is 2.42 bits per heavy atom. The van der Waals surface area contributed by atoms with Gasteiger partial charge in [-0.2, -0.15) is 9.97 Å². The maximum Gasteiger partial charge on any atom is 0.264 e. The first-order valence-electron chi connectivity index (χ1n) is 16.1. The molecule has 3 amide bonds. The molecule has 2 fully saturated rings. The summed E-state index contributed by atoms with van der Waals surface area (Å²) in [6, 6.07) is 18.5. The minimum Gasteiger partial charge on any atom is -0.481 e. The molecule has 5 atom stereocenters. The molecule has 0 bridgehead atoms. The Kier molecular flexibility index (Phi) is 9.49. The third kappa shape index (κ3) is 7.05. The molecular weight excluding hydrogens is 634 g/mol. The molecule has 12 nitrogen and oxygen atoms in total. The number of methoxy groups -OCH3 is 1. The molecule has 48 heavy (non-hydrogen) atoms. The highest BCUT2D eigenvalue weighted by Gasteiger charge is 2.61. The largest absolute Gasteiger partial charge is 0.481 e. The molecule has 2 aliphatic carbocycles. The zero-order chi connectivity index (χ0) is 33.9. The maximum absolute atomic E-state index is 14.1. The van der Waals surface area contributed by atoms with Crippen molar-refractivity contribution < 1.29 is 35.1 Å². The SMILES string of the molecule is COc1cc(O[C@@H]2C[C@H]3C(=O)N[C@]4(C(=O)NS(=O)(=O)c5ccccc5)C[C@H]4/C=C\CCCCN(C)C(=O)[C@@H]3C2)nc(-c2ccccc2)n1.[HH].[HH]. The summed E-state index contributed by atoms with van der Waals surface area (Å²) in [6.07, 6.45) is 6.26. The molecule has 256 valence electrons. The summed E-state index contributed by atoms with van der Waals surface area (Å²) in [7, 11) is -0.956. The molecule has 3 aromatic rings. The minimum absolute atomic E-state index is 0. The van der Waals surface area contributed by atoms with Gasteiger partial charge in [0.15, 0.2) is 5.82 Å². The van der Waals surface area contributed by atoms with Crippen LogP contribution in [-0.2, 0) is 24.4 Å².